The molecule has 6 heteroatoms. The van der Waals surface area contributed by atoms with E-state index in [1.807, 2.05) is 0 Å². The number of aliphatic hydroxyl groups excluding tert-OH is 1. The first-order valence-corrected chi connectivity index (χ1v) is 5.98. The van der Waals surface area contributed by atoms with Crippen molar-refractivity contribution in [3.8, 4) is 0 Å². The smallest absolute Gasteiger partial charge is 0.332 e. The van der Waals surface area contributed by atoms with Crippen LogP contribution in [-0.2, 0) is 9.59 Å². The van der Waals surface area contributed by atoms with Gasteiger partial charge in [0.2, 0.25) is 5.91 Å². The van der Waals surface area contributed by atoms with Gasteiger partial charge in [-0.25, -0.2) is 4.79 Å². The van der Waals surface area contributed by atoms with Crippen molar-refractivity contribution in [1.82, 2.24) is 10.6 Å². The molecule has 98 valence electrons. The number of hydrogen-bond acceptors (Lipinski definition) is 4. The molecular formula is C11H20N2O4. The Balaban J connectivity index is 2.10. The van der Waals surface area contributed by atoms with Crippen LogP contribution in [0.2, 0.25) is 0 Å². The number of nitrogens with one attached hydrogen (secondary N) is 2. The van der Waals surface area contributed by atoms with Crippen molar-refractivity contribution in [2.45, 2.75) is 31.8 Å². The van der Waals surface area contributed by atoms with Crippen LogP contribution in [0.5, 0.6) is 0 Å². The summed E-state index contributed by atoms with van der Waals surface area (Å²) in [7, 11) is 0. The minimum Gasteiger partial charge on any atom is -0.479 e. The highest BCUT2D eigenvalue weighted by molar-refractivity contribution is 5.76. The monoisotopic (exact) mass is 244 g/mol. The molecule has 0 aromatic heterocycles. The Labute approximate surface area is 100 Å². The second kappa shape index (κ2) is 7.24. The van der Waals surface area contributed by atoms with Crippen molar-refractivity contribution in [2.75, 3.05) is 19.6 Å². The number of amides is 1. The molecule has 1 aliphatic heterocycles. The van der Waals surface area contributed by atoms with Crippen LogP contribution in [0.1, 0.15) is 25.7 Å². The third-order valence-electron chi connectivity index (χ3n) is 2.96. The Bertz CT molecular complexity index is 264. The van der Waals surface area contributed by atoms with E-state index in [1.54, 1.807) is 0 Å². The molecule has 1 rings (SSSR count). The fourth-order valence-electron chi connectivity index (χ4n) is 1.89. The molecule has 0 aromatic rings. The Morgan fingerprint density at radius 1 is 1.35 bits per heavy atom. The van der Waals surface area contributed by atoms with Gasteiger partial charge in [0, 0.05) is 19.4 Å². The van der Waals surface area contributed by atoms with E-state index in [-0.39, 0.29) is 18.9 Å². The predicted molar refractivity (Wildman–Crippen MR) is 61.5 cm³/mol. The van der Waals surface area contributed by atoms with Gasteiger partial charge in [0.15, 0.2) is 6.10 Å². The second-order valence-corrected chi connectivity index (χ2v) is 4.39. The molecule has 6 nitrogen and oxygen atoms in total. The number of hydrogen-bond donors (Lipinski definition) is 4. The van der Waals surface area contributed by atoms with Crippen molar-refractivity contribution in [3.05, 3.63) is 0 Å². The maximum Gasteiger partial charge on any atom is 0.332 e. The fourth-order valence-corrected chi connectivity index (χ4v) is 1.89. The molecule has 0 saturated carbocycles. The summed E-state index contributed by atoms with van der Waals surface area (Å²) >= 11 is 0. The highest BCUT2D eigenvalue weighted by Gasteiger charge is 2.17. The molecule has 4 N–H and O–H groups in total. The van der Waals surface area contributed by atoms with Crippen LogP contribution in [0.15, 0.2) is 0 Å². The summed E-state index contributed by atoms with van der Waals surface area (Å²) in [6, 6.07) is 0. The summed E-state index contributed by atoms with van der Waals surface area (Å²) in [5.74, 6) is -0.896. The lowest BCUT2D eigenvalue weighted by Crippen LogP contribution is -2.34. The SMILES string of the molecule is O=C(CC1CCNCC1)NCCC(O)C(=O)O. The number of carbonyl (C=O) groups excluding carboxylic acids is 1. The van der Waals surface area contributed by atoms with Crippen LogP contribution in [0.25, 0.3) is 0 Å². The van der Waals surface area contributed by atoms with E-state index in [4.69, 9.17) is 10.2 Å². The summed E-state index contributed by atoms with van der Waals surface area (Å²) in [5.41, 5.74) is 0. The van der Waals surface area contributed by atoms with Gasteiger partial charge in [-0.1, -0.05) is 0 Å². The van der Waals surface area contributed by atoms with E-state index < -0.39 is 12.1 Å². The van der Waals surface area contributed by atoms with E-state index >= 15 is 0 Å². The van der Waals surface area contributed by atoms with Crippen LogP contribution >= 0.6 is 0 Å². The van der Waals surface area contributed by atoms with E-state index in [0.717, 1.165) is 25.9 Å². The molecule has 0 spiro atoms. The molecule has 1 aliphatic rings. The summed E-state index contributed by atoms with van der Waals surface area (Å²) < 4.78 is 0. The van der Waals surface area contributed by atoms with E-state index in [1.165, 1.54) is 0 Å². The van der Waals surface area contributed by atoms with Crippen LogP contribution in [0, 0.1) is 5.92 Å². The molecule has 1 amide bonds. The number of aliphatic hydroxyl groups is 1. The zero-order valence-corrected chi connectivity index (χ0v) is 9.82. The van der Waals surface area contributed by atoms with Gasteiger partial charge in [0.1, 0.15) is 0 Å². The Morgan fingerprint density at radius 3 is 2.59 bits per heavy atom. The van der Waals surface area contributed by atoms with Crippen molar-refractivity contribution in [3.63, 3.8) is 0 Å². The Morgan fingerprint density at radius 2 is 2.00 bits per heavy atom. The number of rotatable bonds is 6. The minimum absolute atomic E-state index is 0.0489. The normalized spacial score (nSPS) is 18.6. The molecule has 1 atom stereocenters. The van der Waals surface area contributed by atoms with Crippen molar-refractivity contribution in [1.29, 1.82) is 0 Å². The van der Waals surface area contributed by atoms with Gasteiger partial charge in [-0.2, -0.15) is 0 Å². The van der Waals surface area contributed by atoms with Gasteiger partial charge in [-0.05, 0) is 31.8 Å². The van der Waals surface area contributed by atoms with Gasteiger partial charge >= 0.3 is 5.97 Å². The first kappa shape index (κ1) is 13.9. The van der Waals surface area contributed by atoms with E-state index in [2.05, 4.69) is 10.6 Å². The van der Waals surface area contributed by atoms with Gasteiger partial charge in [-0.15, -0.1) is 0 Å². The quantitative estimate of drug-likeness (QED) is 0.496. The van der Waals surface area contributed by atoms with Crippen molar-refractivity contribution < 1.29 is 19.8 Å². The van der Waals surface area contributed by atoms with Gasteiger partial charge < -0.3 is 20.8 Å². The molecule has 1 saturated heterocycles. The van der Waals surface area contributed by atoms with Crippen LogP contribution in [0.3, 0.4) is 0 Å². The number of piperidine rings is 1. The topological polar surface area (TPSA) is 98.7 Å². The molecule has 0 radical (unpaired) electrons. The molecule has 0 bridgehead atoms. The molecule has 1 unspecified atom stereocenters. The standard InChI is InChI=1S/C11H20N2O4/c14-9(11(16)17)3-6-13-10(15)7-8-1-4-12-5-2-8/h8-9,12,14H,1-7H2,(H,13,15)(H,16,17). The minimum atomic E-state index is -1.39. The molecular weight excluding hydrogens is 224 g/mol. The maximum atomic E-state index is 11.5. The van der Waals surface area contributed by atoms with Gasteiger partial charge in [-0.3, -0.25) is 4.79 Å². The highest BCUT2D eigenvalue weighted by Crippen LogP contribution is 2.15. The lowest BCUT2D eigenvalue weighted by atomic mass is 9.94. The van der Waals surface area contributed by atoms with E-state index in [9.17, 15) is 9.59 Å². The molecule has 1 fully saturated rings. The number of aliphatic carboxylic acids is 1. The number of carbonyl (C=O) groups is 2. The lowest BCUT2D eigenvalue weighted by molar-refractivity contribution is -0.147. The maximum absolute atomic E-state index is 11.5. The zero-order chi connectivity index (χ0) is 12.7. The summed E-state index contributed by atoms with van der Waals surface area (Å²) in [6.07, 6.45) is 1.16. The number of carboxylic acid groups (broad SMARTS) is 1. The highest BCUT2D eigenvalue weighted by atomic mass is 16.4. The van der Waals surface area contributed by atoms with Gasteiger partial charge in [0.25, 0.3) is 0 Å². The van der Waals surface area contributed by atoms with Crippen molar-refractivity contribution >= 4 is 11.9 Å². The fraction of sp³-hybridized carbons (Fsp3) is 0.818. The average Bonchev–Trinajstić information content (AvgIpc) is 2.30. The first-order valence-electron chi connectivity index (χ1n) is 5.98. The van der Waals surface area contributed by atoms with Crippen LogP contribution < -0.4 is 10.6 Å². The number of carboxylic acids is 1. The molecule has 0 aromatic carbocycles. The first-order chi connectivity index (χ1) is 8.09. The summed E-state index contributed by atoms with van der Waals surface area (Å²) in [6.45, 7) is 2.11. The molecule has 1 heterocycles. The molecule has 0 aliphatic carbocycles. The lowest BCUT2D eigenvalue weighted by Gasteiger charge is -2.21. The van der Waals surface area contributed by atoms with Crippen LogP contribution in [-0.4, -0.2) is 47.8 Å². The Hall–Kier alpha value is -1.14. The largest absolute Gasteiger partial charge is 0.479 e. The zero-order valence-electron chi connectivity index (χ0n) is 9.82. The molecule has 17 heavy (non-hydrogen) atoms. The summed E-state index contributed by atoms with van der Waals surface area (Å²) in [4.78, 5) is 21.8. The predicted octanol–water partition coefficient (Wildman–Crippen LogP) is -0.672. The summed E-state index contributed by atoms with van der Waals surface area (Å²) in [5, 5.41) is 23.3. The van der Waals surface area contributed by atoms with Crippen molar-refractivity contribution in [2.24, 2.45) is 5.92 Å². The van der Waals surface area contributed by atoms with E-state index in [0.29, 0.717) is 12.3 Å². The third kappa shape index (κ3) is 5.65. The average molecular weight is 244 g/mol. The third-order valence-corrected chi connectivity index (χ3v) is 2.96. The second-order valence-electron chi connectivity index (χ2n) is 4.39. The Kier molecular flexibility index (Phi) is 5.93. The van der Waals surface area contributed by atoms with Crippen LogP contribution in [0.4, 0.5) is 0 Å². The van der Waals surface area contributed by atoms with Gasteiger partial charge in [0.05, 0.1) is 0 Å².